The number of hydrogen-bond donors (Lipinski definition) is 8. The number of carbonyl (C=O) groups excluding carboxylic acids is 1. The summed E-state index contributed by atoms with van der Waals surface area (Å²) >= 11 is 0. The van der Waals surface area contributed by atoms with Gasteiger partial charge in [-0.05, 0) is 118 Å². The highest BCUT2D eigenvalue weighted by atomic mass is 16.8. The van der Waals surface area contributed by atoms with Gasteiger partial charge in [-0.2, -0.15) is 0 Å². The fourth-order valence-electron chi connectivity index (χ4n) is 15.0. The Morgan fingerprint density at radius 3 is 2.06 bits per heavy atom. The van der Waals surface area contributed by atoms with Crippen LogP contribution in [0.15, 0.2) is 11.6 Å². The molecule has 24 atom stereocenters. The van der Waals surface area contributed by atoms with Crippen LogP contribution in [0.1, 0.15) is 126 Å². The molecule has 8 rings (SSSR count). The molecule has 67 heavy (non-hydrogen) atoms. The Morgan fingerprint density at radius 1 is 0.687 bits per heavy atom. The molecule has 0 aromatic rings. The molecule has 4 saturated heterocycles. The van der Waals surface area contributed by atoms with Crippen molar-refractivity contribution in [2.45, 2.75) is 230 Å². The monoisotopic (exact) mass is 955 g/mol. The van der Waals surface area contributed by atoms with Gasteiger partial charge in [0.2, 0.25) is 0 Å². The molecule has 4 aliphatic carbocycles. The maximum atomic E-state index is 14.1. The third-order valence-corrected chi connectivity index (χ3v) is 18.9. The fraction of sp³-hybridized carbons (Fsp3) is 0.940. The summed E-state index contributed by atoms with van der Waals surface area (Å²) in [6.45, 7) is 16.7. The summed E-state index contributed by atoms with van der Waals surface area (Å²) in [5, 5.41) is 87.8. The molecule has 8 N–H and O–H groups in total. The van der Waals surface area contributed by atoms with Crippen molar-refractivity contribution in [1.82, 2.24) is 0 Å². The van der Waals surface area contributed by atoms with E-state index in [1.165, 1.54) is 13.2 Å². The Morgan fingerprint density at radius 2 is 1.36 bits per heavy atom. The van der Waals surface area contributed by atoms with Crippen LogP contribution < -0.4 is 0 Å². The summed E-state index contributed by atoms with van der Waals surface area (Å²) in [5.74, 6) is 0.207. The second-order valence-electron chi connectivity index (χ2n) is 23.1. The lowest BCUT2D eigenvalue weighted by molar-refractivity contribution is -0.383. The number of aldehydes is 1. The number of rotatable bonds is 13. The maximum Gasteiger partial charge on any atom is 0.187 e. The molecule has 384 valence electrons. The summed E-state index contributed by atoms with van der Waals surface area (Å²) < 4.78 is 49.8. The van der Waals surface area contributed by atoms with Crippen LogP contribution in [0.5, 0.6) is 0 Å². The highest BCUT2D eigenvalue weighted by molar-refractivity contribution is 5.62. The molecule has 17 heteroatoms. The van der Waals surface area contributed by atoms with E-state index in [1.54, 1.807) is 0 Å². The lowest BCUT2D eigenvalue weighted by Crippen LogP contribution is -2.67. The largest absolute Gasteiger partial charge is 0.388 e. The minimum Gasteiger partial charge on any atom is -0.388 e. The molecule has 8 aliphatic rings. The van der Waals surface area contributed by atoms with Crippen LogP contribution in [0.2, 0.25) is 0 Å². The number of hydrogen-bond acceptors (Lipinski definition) is 17. The predicted octanol–water partition coefficient (Wildman–Crippen LogP) is 2.62. The zero-order chi connectivity index (χ0) is 48.6. The van der Waals surface area contributed by atoms with E-state index in [9.17, 15) is 45.6 Å². The van der Waals surface area contributed by atoms with Gasteiger partial charge in [0.05, 0.1) is 31.5 Å². The van der Waals surface area contributed by atoms with E-state index >= 15 is 0 Å². The number of aliphatic hydroxyl groups is 8. The van der Waals surface area contributed by atoms with E-state index in [0.29, 0.717) is 25.9 Å². The standard InChI is InChI=1S/C50H82O17/c1-9-10-19-60-45-50(59,21-27(64-45)20-25(2)3)29-13-16-47(7)28(29)11-12-33-48(47,8)17-14-32-46(5,6)34(15-18-49(32,33)24-51)65-44-41(67-43-39(58)37(56)35(54)26(4)63-43)40(31(53)23-62-44)66-42-38(57)36(55)30(52)22-61-42/h20,24,26-45,52-59H,9-19,21-23H2,1-8H3/t26-,27+,28+,29-,30+,31+,32-,33-,34-,35-,36-,37+,38+,39+,40-,41+,42-,43-,44-,45+,47+,48+,49+,50?/m0/s1. The van der Waals surface area contributed by atoms with Crippen molar-refractivity contribution in [2.24, 2.45) is 45.3 Å². The molecule has 4 aliphatic heterocycles. The number of fused-ring (bicyclic) bond motifs is 5. The summed E-state index contributed by atoms with van der Waals surface area (Å²) in [6.07, 6.45) is -8.38. The lowest BCUT2D eigenvalue weighted by Gasteiger charge is -2.69. The Labute approximate surface area is 395 Å². The van der Waals surface area contributed by atoms with E-state index in [0.717, 1.165) is 56.9 Å². The van der Waals surface area contributed by atoms with Crippen LogP contribution in [-0.2, 0) is 42.7 Å². The van der Waals surface area contributed by atoms with Gasteiger partial charge in [-0.1, -0.05) is 52.7 Å². The summed E-state index contributed by atoms with van der Waals surface area (Å²) in [5.41, 5.74) is -1.60. The number of carbonyl (C=O) groups is 1. The molecule has 0 spiro atoms. The molecule has 0 radical (unpaired) electrons. The van der Waals surface area contributed by atoms with Crippen LogP contribution in [-0.4, -0.2) is 171 Å². The lowest BCUT2D eigenvalue weighted by atomic mass is 9.35. The summed E-state index contributed by atoms with van der Waals surface area (Å²) in [7, 11) is 0. The first-order valence-electron chi connectivity index (χ1n) is 25.3. The van der Waals surface area contributed by atoms with E-state index in [1.807, 2.05) is 0 Å². The molecule has 17 nitrogen and oxygen atoms in total. The van der Waals surface area contributed by atoms with E-state index in [4.69, 9.17) is 37.9 Å². The van der Waals surface area contributed by atoms with Crippen LogP contribution >= 0.6 is 0 Å². The zero-order valence-electron chi connectivity index (χ0n) is 40.9. The number of allylic oxidation sites excluding steroid dienone is 1. The highest BCUT2D eigenvalue weighted by Crippen LogP contribution is 2.76. The maximum absolute atomic E-state index is 14.1. The Bertz CT molecular complexity index is 1750. The van der Waals surface area contributed by atoms with Gasteiger partial charge in [-0.15, -0.1) is 0 Å². The molecule has 4 heterocycles. The quantitative estimate of drug-likeness (QED) is 0.0572. The van der Waals surface area contributed by atoms with Gasteiger partial charge in [0.25, 0.3) is 0 Å². The van der Waals surface area contributed by atoms with E-state index in [-0.39, 0.29) is 53.8 Å². The fourth-order valence-corrected chi connectivity index (χ4v) is 15.0. The number of ether oxygens (including phenoxy) is 8. The van der Waals surface area contributed by atoms with Crippen LogP contribution in [0, 0.1) is 45.3 Å². The third-order valence-electron chi connectivity index (χ3n) is 18.9. The first kappa shape index (κ1) is 52.1. The van der Waals surface area contributed by atoms with Crippen LogP contribution in [0.4, 0.5) is 0 Å². The molecular weight excluding hydrogens is 873 g/mol. The van der Waals surface area contributed by atoms with Crippen molar-refractivity contribution < 1.29 is 83.5 Å². The molecule has 0 bridgehead atoms. The van der Waals surface area contributed by atoms with E-state index < -0.39 is 109 Å². The van der Waals surface area contributed by atoms with Crippen molar-refractivity contribution >= 4 is 6.29 Å². The molecule has 8 fully saturated rings. The molecule has 0 aromatic carbocycles. The topological polar surface area (TPSA) is 253 Å². The molecule has 4 saturated carbocycles. The van der Waals surface area contributed by atoms with Gasteiger partial charge in [0, 0.05) is 18.4 Å². The average Bonchev–Trinajstić information content (AvgIpc) is 3.80. The van der Waals surface area contributed by atoms with E-state index in [2.05, 4.69) is 54.5 Å². The van der Waals surface area contributed by atoms with Gasteiger partial charge in [0.1, 0.15) is 66.8 Å². The van der Waals surface area contributed by atoms with Crippen molar-refractivity contribution in [3.05, 3.63) is 11.6 Å². The minimum absolute atomic E-state index is 0.0128. The van der Waals surface area contributed by atoms with Crippen molar-refractivity contribution in [2.75, 3.05) is 19.8 Å². The normalized spacial score (nSPS) is 53.0. The van der Waals surface area contributed by atoms with Crippen LogP contribution in [0.25, 0.3) is 0 Å². The van der Waals surface area contributed by atoms with Crippen molar-refractivity contribution in [3.8, 4) is 0 Å². The first-order chi connectivity index (χ1) is 31.6. The summed E-state index contributed by atoms with van der Waals surface area (Å²) in [6, 6.07) is 0. The number of unbranched alkanes of at least 4 members (excludes halogenated alkanes) is 1. The average molecular weight is 955 g/mol. The molecule has 1 unspecified atom stereocenters. The number of aliphatic hydroxyl groups excluding tert-OH is 7. The van der Waals surface area contributed by atoms with Crippen molar-refractivity contribution in [3.63, 3.8) is 0 Å². The molecule has 0 aromatic heterocycles. The minimum atomic E-state index is -1.72. The van der Waals surface area contributed by atoms with Gasteiger partial charge in [-0.25, -0.2) is 0 Å². The van der Waals surface area contributed by atoms with Gasteiger partial charge >= 0.3 is 0 Å². The predicted molar refractivity (Wildman–Crippen MR) is 238 cm³/mol. The van der Waals surface area contributed by atoms with Crippen molar-refractivity contribution in [1.29, 1.82) is 0 Å². The third kappa shape index (κ3) is 8.85. The second kappa shape index (κ2) is 19.7. The van der Waals surface area contributed by atoms with Gasteiger partial charge < -0.3 is 83.5 Å². The first-order valence-corrected chi connectivity index (χ1v) is 25.3. The molecule has 0 amide bonds. The smallest absolute Gasteiger partial charge is 0.187 e. The van der Waals surface area contributed by atoms with Gasteiger partial charge in [-0.3, -0.25) is 0 Å². The SMILES string of the molecule is CCCCO[C@@H]1O[C@H](C=C(C)C)CC1(O)[C@H]1CC[C@]2(C)[C@@H]1CC[C@@H]1[C@@]3(C=O)CC[C@H](O[C@@H]4OC[C@@H](O)[C@H](O[C@@H]5OC[C@@H](O)[C@H](O)[C@H]5O)[C@H]4O[C@@H]4O[C@@H](C)[C@H](O)[C@@H](O)[C@H]4O)C(C)(C)[C@@H]3CC[C@]12C. The molecular formula is C50H82O17. The summed E-state index contributed by atoms with van der Waals surface area (Å²) in [4.78, 5) is 14.1. The highest BCUT2D eigenvalue weighted by Gasteiger charge is 2.72. The second-order valence-corrected chi connectivity index (χ2v) is 23.1. The Hall–Kier alpha value is -1.23. The zero-order valence-corrected chi connectivity index (χ0v) is 40.9. The Balaban J connectivity index is 1.04. The van der Waals surface area contributed by atoms with Gasteiger partial charge in [0.15, 0.2) is 25.2 Å². The Kier molecular flexibility index (Phi) is 15.3. The van der Waals surface area contributed by atoms with Crippen LogP contribution in [0.3, 0.4) is 0 Å².